The van der Waals surface area contributed by atoms with Crippen molar-refractivity contribution in [3.8, 4) is 11.1 Å². The lowest BCUT2D eigenvalue weighted by Gasteiger charge is -2.26. The number of furan rings is 2. The van der Waals surface area contributed by atoms with Crippen molar-refractivity contribution >= 4 is 93.3 Å². The second kappa shape index (κ2) is 10.8. The molecule has 11 rings (SSSR count). The fourth-order valence-corrected chi connectivity index (χ4v) is 8.06. The third-order valence-electron chi connectivity index (χ3n) is 10.4. The van der Waals surface area contributed by atoms with Gasteiger partial charge in [0.25, 0.3) is 0 Å². The van der Waals surface area contributed by atoms with Crippen molar-refractivity contribution in [1.82, 2.24) is 0 Å². The molecule has 0 bridgehead atoms. The Bertz CT molecular complexity index is 3030. The van der Waals surface area contributed by atoms with E-state index in [9.17, 15) is 0 Å². The van der Waals surface area contributed by atoms with Crippen LogP contribution in [0.5, 0.6) is 0 Å². The molecule has 9 aromatic carbocycles. The van der Waals surface area contributed by atoms with E-state index < -0.39 is 0 Å². The van der Waals surface area contributed by atoms with Gasteiger partial charge in [0.1, 0.15) is 22.3 Å². The van der Waals surface area contributed by atoms with Crippen LogP contribution in [-0.4, -0.2) is 0 Å². The molecule has 238 valence electrons. The van der Waals surface area contributed by atoms with E-state index in [2.05, 4.69) is 157 Å². The number of hydrogen-bond donors (Lipinski definition) is 0. The van der Waals surface area contributed by atoms with Crippen molar-refractivity contribution in [2.45, 2.75) is 0 Å². The Labute approximate surface area is 293 Å². The van der Waals surface area contributed by atoms with E-state index >= 15 is 0 Å². The van der Waals surface area contributed by atoms with Crippen LogP contribution in [0.3, 0.4) is 0 Å². The number of nitrogens with zero attached hydrogens (tertiary/aromatic N) is 1. The van der Waals surface area contributed by atoms with Crippen LogP contribution in [-0.2, 0) is 0 Å². The smallest absolute Gasteiger partial charge is 0.135 e. The van der Waals surface area contributed by atoms with E-state index in [4.69, 9.17) is 8.83 Å². The molecular formula is C48H29NO2. The summed E-state index contributed by atoms with van der Waals surface area (Å²) in [6, 6.07) is 62.8. The Morgan fingerprint density at radius 2 is 0.804 bits per heavy atom. The van der Waals surface area contributed by atoms with Crippen molar-refractivity contribution < 1.29 is 8.83 Å². The van der Waals surface area contributed by atoms with Crippen molar-refractivity contribution in [3.05, 3.63) is 176 Å². The van der Waals surface area contributed by atoms with Crippen LogP contribution in [0.25, 0.3) is 87.3 Å². The molecule has 0 aliphatic heterocycles. The fraction of sp³-hybridized carbons (Fsp3) is 0. The molecule has 3 heteroatoms. The SMILES string of the molecule is c1ccc2c(c1)ccc1cc(-c3ccc(N(c4ccc5oc6ccccc6c5c4)c4ccc5oc6ccccc6c5c4)cc3)c3ccccc3c12. The molecule has 0 N–H and O–H groups in total. The largest absolute Gasteiger partial charge is 0.456 e. The van der Waals surface area contributed by atoms with Crippen LogP contribution < -0.4 is 4.90 Å². The van der Waals surface area contributed by atoms with Gasteiger partial charge in [0, 0.05) is 38.6 Å². The zero-order valence-corrected chi connectivity index (χ0v) is 27.5. The van der Waals surface area contributed by atoms with Crippen LogP contribution in [0, 0.1) is 0 Å². The van der Waals surface area contributed by atoms with Gasteiger partial charge in [0.2, 0.25) is 0 Å². The van der Waals surface area contributed by atoms with Gasteiger partial charge in [-0.3, -0.25) is 0 Å². The van der Waals surface area contributed by atoms with E-state index in [0.717, 1.165) is 60.9 Å². The number of fused-ring (bicyclic) bond motifs is 11. The highest BCUT2D eigenvalue weighted by molar-refractivity contribution is 6.23. The third-order valence-corrected chi connectivity index (χ3v) is 10.4. The maximum absolute atomic E-state index is 6.22. The number of anilines is 3. The van der Waals surface area contributed by atoms with Crippen LogP contribution in [0.1, 0.15) is 0 Å². The summed E-state index contributed by atoms with van der Waals surface area (Å²) in [4.78, 5) is 2.33. The van der Waals surface area contributed by atoms with Gasteiger partial charge in [-0.05, 0) is 110 Å². The summed E-state index contributed by atoms with van der Waals surface area (Å²) in [6.07, 6.45) is 0. The zero-order chi connectivity index (χ0) is 33.5. The molecule has 0 aliphatic rings. The van der Waals surface area contributed by atoms with Crippen molar-refractivity contribution in [2.24, 2.45) is 0 Å². The van der Waals surface area contributed by atoms with Crippen molar-refractivity contribution in [3.63, 3.8) is 0 Å². The Morgan fingerprint density at radius 3 is 1.45 bits per heavy atom. The molecule has 0 fully saturated rings. The lowest BCUT2D eigenvalue weighted by atomic mass is 9.91. The number of benzene rings is 9. The minimum atomic E-state index is 0.877. The van der Waals surface area contributed by atoms with Gasteiger partial charge in [0.05, 0.1) is 0 Å². The van der Waals surface area contributed by atoms with Gasteiger partial charge >= 0.3 is 0 Å². The molecule has 0 saturated carbocycles. The Hall–Kier alpha value is -6.84. The van der Waals surface area contributed by atoms with Crippen LogP contribution in [0.15, 0.2) is 185 Å². The molecule has 3 nitrogen and oxygen atoms in total. The minimum absolute atomic E-state index is 0.877. The first-order chi connectivity index (χ1) is 25.3. The molecule has 0 aliphatic carbocycles. The Kier molecular flexibility index (Phi) is 5.96. The normalized spacial score (nSPS) is 11.9. The van der Waals surface area contributed by atoms with Gasteiger partial charge in [-0.1, -0.05) is 109 Å². The highest BCUT2D eigenvalue weighted by atomic mass is 16.3. The van der Waals surface area contributed by atoms with Crippen molar-refractivity contribution in [1.29, 1.82) is 0 Å². The lowest BCUT2D eigenvalue weighted by Crippen LogP contribution is -2.09. The predicted molar refractivity (Wildman–Crippen MR) is 214 cm³/mol. The average Bonchev–Trinajstić information content (AvgIpc) is 3.76. The lowest BCUT2D eigenvalue weighted by molar-refractivity contribution is 0.668. The van der Waals surface area contributed by atoms with Gasteiger partial charge < -0.3 is 13.7 Å². The Morgan fingerprint density at radius 1 is 0.314 bits per heavy atom. The molecule has 0 amide bonds. The van der Waals surface area contributed by atoms with E-state index in [1.54, 1.807) is 0 Å². The second-order valence-corrected chi connectivity index (χ2v) is 13.3. The molecule has 0 unspecified atom stereocenters. The highest BCUT2D eigenvalue weighted by Crippen LogP contribution is 2.43. The standard InChI is InChI=1S/C48H29NO2/c1-2-10-36-30(9-1)17-18-32-27-41(37-11-3-4-14-40(37)48(32)36)31-19-21-33(22-20-31)49(34-23-25-46-42(28-34)38-12-5-7-15-44(38)50-46)35-24-26-47-43(29-35)39-13-6-8-16-45(39)51-47/h1-29H. The summed E-state index contributed by atoms with van der Waals surface area (Å²) >= 11 is 0. The van der Waals surface area contributed by atoms with Crippen LogP contribution in [0.2, 0.25) is 0 Å². The second-order valence-electron chi connectivity index (χ2n) is 13.3. The highest BCUT2D eigenvalue weighted by Gasteiger charge is 2.18. The van der Waals surface area contributed by atoms with E-state index in [-0.39, 0.29) is 0 Å². The first-order valence-electron chi connectivity index (χ1n) is 17.3. The third kappa shape index (κ3) is 4.32. The minimum Gasteiger partial charge on any atom is -0.456 e. The first-order valence-corrected chi connectivity index (χ1v) is 17.3. The number of hydrogen-bond acceptors (Lipinski definition) is 3. The maximum atomic E-state index is 6.22. The summed E-state index contributed by atoms with van der Waals surface area (Å²) in [5.41, 5.74) is 9.11. The summed E-state index contributed by atoms with van der Waals surface area (Å²) in [7, 11) is 0. The fourth-order valence-electron chi connectivity index (χ4n) is 8.06. The molecule has 0 saturated heterocycles. The summed E-state index contributed by atoms with van der Waals surface area (Å²) < 4.78 is 12.4. The quantitative estimate of drug-likeness (QED) is 0.177. The maximum Gasteiger partial charge on any atom is 0.135 e. The first kappa shape index (κ1) is 28.0. The molecule has 0 radical (unpaired) electrons. The van der Waals surface area contributed by atoms with Crippen molar-refractivity contribution in [2.75, 3.05) is 4.90 Å². The number of rotatable bonds is 4. The predicted octanol–water partition coefficient (Wildman–Crippen LogP) is 14.1. The molecule has 0 spiro atoms. The van der Waals surface area contributed by atoms with Gasteiger partial charge in [0.15, 0.2) is 0 Å². The Balaban J connectivity index is 1.10. The number of para-hydroxylation sites is 2. The molecule has 2 heterocycles. The van der Waals surface area contributed by atoms with E-state index in [1.165, 1.54) is 43.4 Å². The van der Waals surface area contributed by atoms with Crippen LogP contribution >= 0.6 is 0 Å². The van der Waals surface area contributed by atoms with E-state index in [1.807, 2.05) is 24.3 Å². The monoisotopic (exact) mass is 651 g/mol. The van der Waals surface area contributed by atoms with Crippen LogP contribution in [0.4, 0.5) is 17.1 Å². The topological polar surface area (TPSA) is 29.5 Å². The summed E-state index contributed by atoms with van der Waals surface area (Å²) in [5, 5.41) is 12.0. The van der Waals surface area contributed by atoms with Gasteiger partial charge in [-0.2, -0.15) is 0 Å². The average molecular weight is 652 g/mol. The summed E-state index contributed by atoms with van der Waals surface area (Å²) in [6.45, 7) is 0. The molecule has 0 atom stereocenters. The summed E-state index contributed by atoms with van der Waals surface area (Å²) in [5.74, 6) is 0. The van der Waals surface area contributed by atoms with Gasteiger partial charge in [-0.25, -0.2) is 0 Å². The van der Waals surface area contributed by atoms with Gasteiger partial charge in [-0.15, -0.1) is 0 Å². The molecule has 11 aromatic rings. The molecule has 51 heavy (non-hydrogen) atoms. The zero-order valence-electron chi connectivity index (χ0n) is 27.5. The molecule has 2 aromatic heterocycles. The van der Waals surface area contributed by atoms with E-state index in [0.29, 0.717) is 0 Å². The molecular weight excluding hydrogens is 623 g/mol.